The monoisotopic (exact) mass is 228 g/mol. The van der Waals surface area contributed by atoms with E-state index in [9.17, 15) is 0 Å². The summed E-state index contributed by atoms with van der Waals surface area (Å²) in [5.41, 5.74) is 6.66. The maximum absolute atomic E-state index is 5.64. The normalized spacial score (nSPS) is 13.1. The predicted molar refractivity (Wildman–Crippen MR) is 64.3 cm³/mol. The van der Waals surface area contributed by atoms with Crippen LogP contribution in [0.25, 0.3) is 0 Å². The molecule has 0 bridgehead atoms. The van der Waals surface area contributed by atoms with Crippen LogP contribution in [-0.4, -0.2) is 18.1 Å². The molecule has 0 aliphatic rings. The first-order valence-corrected chi connectivity index (χ1v) is 6.32. The van der Waals surface area contributed by atoms with Crippen LogP contribution in [0, 0.1) is 6.92 Å². The van der Waals surface area contributed by atoms with Crippen LogP contribution in [0.3, 0.4) is 0 Å². The lowest BCUT2D eigenvalue weighted by atomic mass is 10.3. The van der Waals surface area contributed by atoms with E-state index in [0.717, 1.165) is 30.2 Å². The quantitative estimate of drug-likeness (QED) is 0.813. The van der Waals surface area contributed by atoms with Gasteiger partial charge >= 0.3 is 0 Å². The SMILES string of the molecule is CCOC(CC)c1nc(C)c(CCN)s1. The molecule has 0 radical (unpaired) electrons. The largest absolute Gasteiger partial charge is 0.371 e. The van der Waals surface area contributed by atoms with E-state index in [0.29, 0.717) is 6.54 Å². The third-order valence-corrected chi connectivity index (χ3v) is 3.60. The highest BCUT2D eigenvalue weighted by Gasteiger charge is 2.15. The summed E-state index contributed by atoms with van der Waals surface area (Å²) in [5.74, 6) is 0. The van der Waals surface area contributed by atoms with Crippen molar-refractivity contribution in [2.45, 2.75) is 39.7 Å². The summed E-state index contributed by atoms with van der Waals surface area (Å²) in [6, 6.07) is 0. The fourth-order valence-electron chi connectivity index (χ4n) is 1.52. The molecule has 3 nitrogen and oxygen atoms in total. The minimum Gasteiger partial charge on any atom is -0.371 e. The van der Waals surface area contributed by atoms with Crippen molar-refractivity contribution in [1.29, 1.82) is 0 Å². The Bertz CT molecular complexity index is 299. The first-order valence-electron chi connectivity index (χ1n) is 5.50. The van der Waals surface area contributed by atoms with Crippen LogP contribution in [0.1, 0.15) is 42.0 Å². The summed E-state index contributed by atoms with van der Waals surface area (Å²) in [4.78, 5) is 5.85. The van der Waals surface area contributed by atoms with Crippen molar-refractivity contribution in [3.8, 4) is 0 Å². The number of nitrogens with two attached hydrogens (primary N) is 1. The van der Waals surface area contributed by atoms with Crippen LogP contribution >= 0.6 is 11.3 Å². The van der Waals surface area contributed by atoms with Gasteiger partial charge in [0.25, 0.3) is 0 Å². The zero-order valence-corrected chi connectivity index (χ0v) is 10.6. The van der Waals surface area contributed by atoms with Gasteiger partial charge in [-0.05, 0) is 33.2 Å². The van der Waals surface area contributed by atoms with Crippen LogP contribution in [0.15, 0.2) is 0 Å². The van der Waals surface area contributed by atoms with Crippen molar-refractivity contribution >= 4 is 11.3 Å². The van der Waals surface area contributed by atoms with Gasteiger partial charge in [-0.25, -0.2) is 4.98 Å². The average molecular weight is 228 g/mol. The highest BCUT2D eigenvalue weighted by molar-refractivity contribution is 7.11. The zero-order chi connectivity index (χ0) is 11.3. The van der Waals surface area contributed by atoms with E-state index >= 15 is 0 Å². The van der Waals surface area contributed by atoms with Gasteiger partial charge in [0.15, 0.2) is 0 Å². The molecule has 1 aromatic heterocycles. The Morgan fingerprint density at radius 3 is 2.73 bits per heavy atom. The number of aryl methyl sites for hydroxylation is 1. The summed E-state index contributed by atoms with van der Waals surface area (Å²) in [6.45, 7) is 7.62. The Hall–Kier alpha value is -0.450. The van der Waals surface area contributed by atoms with Crippen molar-refractivity contribution in [1.82, 2.24) is 4.98 Å². The van der Waals surface area contributed by atoms with Gasteiger partial charge < -0.3 is 10.5 Å². The van der Waals surface area contributed by atoms with Crippen molar-refractivity contribution in [2.75, 3.05) is 13.2 Å². The number of hydrogen-bond donors (Lipinski definition) is 1. The summed E-state index contributed by atoms with van der Waals surface area (Å²) >= 11 is 1.74. The van der Waals surface area contributed by atoms with Crippen molar-refractivity contribution in [3.05, 3.63) is 15.6 Å². The molecule has 0 saturated heterocycles. The fourth-order valence-corrected chi connectivity index (χ4v) is 2.73. The summed E-state index contributed by atoms with van der Waals surface area (Å²) in [6.07, 6.45) is 2.06. The minimum absolute atomic E-state index is 0.158. The number of aromatic nitrogens is 1. The lowest BCUT2D eigenvalue weighted by molar-refractivity contribution is 0.0596. The van der Waals surface area contributed by atoms with E-state index in [2.05, 4.69) is 11.9 Å². The van der Waals surface area contributed by atoms with Gasteiger partial charge in [-0.3, -0.25) is 0 Å². The molecule has 1 unspecified atom stereocenters. The Morgan fingerprint density at radius 2 is 2.20 bits per heavy atom. The molecule has 1 aromatic rings. The van der Waals surface area contributed by atoms with E-state index in [1.165, 1.54) is 4.88 Å². The minimum atomic E-state index is 0.158. The molecule has 0 fully saturated rings. The average Bonchev–Trinajstić information content (AvgIpc) is 2.57. The van der Waals surface area contributed by atoms with Crippen molar-refractivity contribution in [2.24, 2.45) is 5.73 Å². The fraction of sp³-hybridized carbons (Fsp3) is 0.727. The predicted octanol–water partition coefficient (Wildman–Crippen LogP) is 2.44. The van der Waals surface area contributed by atoms with Gasteiger partial charge in [0.2, 0.25) is 0 Å². The molecule has 0 amide bonds. The van der Waals surface area contributed by atoms with E-state index < -0.39 is 0 Å². The molecular formula is C11H20N2OS. The maximum atomic E-state index is 5.64. The molecular weight excluding hydrogens is 208 g/mol. The molecule has 0 saturated carbocycles. The molecule has 0 aliphatic carbocycles. The summed E-state index contributed by atoms with van der Waals surface area (Å²) < 4.78 is 5.64. The zero-order valence-electron chi connectivity index (χ0n) is 9.75. The Morgan fingerprint density at radius 1 is 1.47 bits per heavy atom. The lowest BCUT2D eigenvalue weighted by Gasteiger charge is -2.11. The third-order valence-electron chi connectivity index (χ3n) is 2.29. The molecule has 15 heavy (non-hydrogen) atoms. The Labute approximate surface area is 95.7 Å². The van der Waals surface area contributed by atoms with Gasteiger partial charge in [-0.1, -0.05) is 6.92 Å². The van der Waals surface area contributed by atoms with Crippen molar-refractivity contribution < 1.29 is 4.74 Å². The summed E-state index contributed by atoms with van der Waals surface area (Å²) in [5, 5.41) is 1.10. The van der Waals surface area contributed by atoms with Gasteiger partial charge in [0, 0.05) is 11.5 Å². The number of hydrogen-bond acceptors (Lipinski definition) is 4. The molecule has 1 heterocycles. The highest BCUT2D eigenvalue weighted by atomic mass is 32.1. The van der Waals surface area contributed by atoms with E-state index in [1.807, 2.05) is 13.8 Å². The molecule has 0 aliphatic heterocycles. The molecule has 86 valence electrons. The van der Waals surface area contributed by atoms with Crippen LogP contribution in [0.4, 0.5) is 0 Å². The molecule has 4 heteroatoms. The Balaban J connectivity index is 2.79. The number of thiazole rings is 1. The van der Waals surface area contributed by atoms with E-state index in [-0.39, 0.29) is 6.10 Å². The molecule has 0 spiro atoms. The molecule has 0 aromatic carbocycles. The van der Waals surface area contributed by atoms with Crippen LogP contribution < -0.4 is 5.73 Å². The summed E-state index contributed by atoms with van der Waals surface area (Å²) in [7, 11) is 0. The first kappa shape index (κ1) is 12.6. The smallest absolute Gasteiger partial charge is 0.122 e. The number of nitrogens with zero attached hydrogens (tertiary/aromatic N) is 1. The van der Waals surface area contributed by atoms with Gasteiger partial charge in [-0.2, -0.15) is 0 Å². The maximum Gasteiger partial charge on any atom is 0.122 e. The second-order valence-corrected chi connectivity index (χ2v) is 4.57. The second-order valence-electron chi connectivity index (χ2n) is 3.45. The van der Waals surface area contributed by atoms with Crippen molar-refractivity contribution in [3.63, 3.8) is 0 Å². The number of rotatable bonds is 6. The van der Waals surface area contributed by atoms with Crippen LogP contribution in [-0.2, 0) is 11.2 Å². The van der Waals surface area contributed by atoms with E-state index in [4.69, 9.17) is 10.5 Å². The molecule has 2 N–H and O–H groups in total. The van der Waals surface area contributed by atoms with E-state index in [1.54, 1.807) is 11.3 Å². The standard InChI is InChI=1S/C11H20N2OS/c1-4-9(14-5-2)11-13-8(3)10(15-11)6-7-12/h9H,4-7,12H2,1-3H3. The molecule has 1 atom stereocenters. The van der Waals surface area contributed by atoms with Crippen LogP contribution in [0.2, 0.25) is 0 Å². The first-order chi connectivity index (χ1) is 7.22. The van der Waals surface area contributed by atoms with Gasteiger partial charge in [0.1, 0.15) is 11.1 Å². The van der Waals surface area contributed by atoms with Gasteiger partial charge in [-0.15, -0.1) is 11.3 Å². The topological polar surface area (TPSA) is 48.1 Å². The third kappa shape index (κ3) is 3.26. The molecule has 1 rings (SSSR count). The Kier molecular flexibility index (Phi) is 5.22. The highest BCUT2D eigenvalue weighted by Crippen LogP contribution is 2.28. The second kappa shape index (κ2) is 6.20. The lowest BCUT2D eigenvalue weighted by Crippen LogP contribution is -2.02. The number of ether oxygens (including phenoxy) is 1. The van der Waals surface area contributed by atoms with Crippen LogP contribution in [0.5, 0.6) is 0 Å². The van der Waals surface area contributed by atoms with Gasteiger partial charge in [0.05, 0.1) is 5.69 Å².